The Labute approximate surface area is 149 Å². The SMILES string of the molecule is C=CCc1cc(I)cc(C=O)c1OS(=O)(=O)c1ccc(C)cc1. The molecular weight excluding hydrogens is 427 g/mol. The van der Waals surface area contributed by atoms with Gasteiger partial charge < -0.3 is 4.18 Å². The van der Waals surface area contributed by atoms with Gasteiger partial charge in [0.25, 0.3) is 0 Å². The molecule has 0 aliphatic carbocycles. The van der Waals surface area contributed by atoms with Gasteiger partial charge in [0.15, 0.2) is 12.0 Å². The molecule has 0 atom stereocenters. The third-order valence-electron chi connectivity index (χ3n) is 3.15. The van der Waals surface area contributed by atoms with Gasteiger partial charge in [-0.15, -0.1) is 6.58 Å². The predicted octanol–water partition coefficient (Wildman–Crippen LogP) is 3.91. The molecule has 0 radical (unpaired) electrons. The second kappa shape index (κ2) is 7.27. The lowest BCUT2D eigenvalue weighted by molar-refractivity contribution is 0.112. The summed E-state index contributed by atoms with van der Waals surface area (Å²) in [6.45, 7) is 5.51. The molecule has 2 rings (SSSR count). The molecule has 0 spiro atoms. The largest absolute Gasteiger partial charge is 0.378 e. The first-order chi connectivity index (χ1) is 10.9. The van der Waals surface area contributed by atoms with Crippen LogP contribution in [0, 0.1) is 10.5 Å². The standard InChI is InChI=1S/C17H15IO4S/c1-3-4-13-9-15(18)10-14(11-19)17(13)22-23(20,21)16-7-5-12(2)6-8-16/h3,5-11H,1,4H2,2H3. The van der Waals surface area contributed by atoms with Crippen molar-refractivity contribution in [1.29, 1.82) is 0 Å². The number of hydrogen-bond acceptors (Lipinski definition) is 4. The van der Waals surface area contributed by atoms with Gasteiger partial charge in [0, 0.05) is 9.13 Å². The van der Waals surface area contributed by atoms with Gasteiger partial charge in [0.2, 0.25) is 0 Å². The number of allylic oxidation sites excluding steroid dienone is 1. The van der Waals surface area contributed by atoms with Crippen LogP contribution in [0.4, 0.5) is 0 Å². The number of carbonyl (C=O) groups excluding carboxylic acids is 1. The van der Waals surface area contributed by atoms with Gasteiger partial charge >= 0.3 is 10.1 Å². The van der Waals surface area contributed by atoms with Crippen LogP contribution in [-0.2, 0) is 16.5 Å². The predicted molar refractivity (Wildman–Crippen MR) is 97.4 cm³/mol. The molecule has 0 fully saturated rings. The molecule has 4 nitrogen and oxygen atoms in total. The Hall–Kier alpha value is -1.67. The van der Waals surface area contributed by atoms with E-state index in [1.165, 1.54) is 12.1 Å². The Bertz CT molecular complexity index is 840. The molecule has 2 aromatic carbocycles. The lowest BCUT2D eigenvalue weighted by Gasteiger charge is -2.13. The minimum Gasteiger partial charge on any atom is -0.378 e. The number of carbonyl (C=O) groups is 1. The maximum atomic E-state index is 12.5. The Morgan fingerprint density at radius 3 is 2.43 bits per heavy atom. The number of aldehydes is 1. The number of aryl methyl sites for hydroxylation is 1. The van der Waals surface area contributed by atoms with E-state index in [0.717, 1.165) is 9.13 Å². The van der Waals surface area contributed by atoms with E-state index in [2.05, 4.69) is 29.2 Å². The molecule has 0 saturated heterocycles. The molecule has 0 N–H and O–H groups in total. The van der Waals surface area contributed by atoms with Crippen molar-refractivity contribution in [1.82, 2.24) is 0 Å². The maximum absolute atomic E-state index is 12.5. The van der Waals surface area contributed by atoms with Crippen molar-refractivity contribution in [2.24, 2.45) is 0 Å². The molecular formula is C17H15IO4S. The quantitative estimate of drug-likeness (QED) is 0.295. The van der Waals surface area contributed by atoms with Crippen molar-refractivity contribution >= 4 is 39.0 Å². The summed E-state index contributed by atoms with van der Waals surface area (Å²) in [5, 5.41) is 0. The summed E-state index contributed by atoms with van der Waals surface area (Å²) in [5.41, 5.74) is 1.74. The Morgan fingerprint density at radius 2 is 1.87 bits per heavy atom. The molecule has 2 aromatic rings. The summed E-state index contributed by atoms with van der Waals surface area (Å²) in [5.74, 6) is 0.0564. The highest BCUT2D eigenvalue weighted by Crippen LogP contribution is 2.29. The molecule has 0 unspecified atom stereocenters. The highest BCUT2D eigenvalue weighted by atomic mass is 127. The summed E-state index contributed by atoms with van der Waals surface area (Å²) in [7, 11) is -4.01. The lowest BCUT2D eigenvalue weighted by atomic mass is 10.1. The minimum absolute atomic E-state index is 0.0445. The fourth-order valence-electron chi connectivity index (χ4n) is 2.03. The van der Waals surface area contributed by atoms with E-state index in [1.54, 1.807) is 30.3 Å². The molecule has 0 amide bonds. The summed E-state index contributed by atoms with van der Waals surface area (Å²) in [6.07, 6.45) is 2.62. The van der Waals surface area contributed by atoms with Gasteiger partial charge in [-0.05, 0) is 60.2 Å². The highest BCUT2D eigenvalue weighted by molar-refractivity contribution is 14.1. The summed E-state index contributed by atoms with van der Waals surface area (Å²) < 4.78 is 31.0. The van der Waals surface area contributed by atoms with E-state index < -0.39 is 10.1 Å². The maximum Gasteiger partial charge on any atom is 0.339 e. The number of halogens is 1. The van der Waals surface area contributed by atoms with Crippen LogP contribution >= 0.6 is 22.6 Å². The third-order valence-corrected chi connectivity index (χ3v) is 5.01. The molecule has 0 aliphatic rings. The summed E-state index contributed by atoms with van der Waals surface area (Å²) in [6, 6.07) is 9.69. The van der Waals surface area contributed by atoms with E-state index in [4.69, 9.17) is 4.18 Å². The Balaban J connectivity index is 2.51. The van der Waals surface area contributed by atoms with E-state index in [-0.39, 0.29) is 16.2 Å². The molecule has 120 valence electrons. The number of hydrogen-bond donors (Lipinski definition) is 0. The number of rotatable bonds is 6. The van der Waals surface area contributed by atoms with Gasteiger partial charge in [0.05, 0.1) is 5.56 Å². The van der Waals surface area contributed by atoms with Gasteiger partial charge in [-0.3, -0.25) is 4.79 Å². The smallest absolute Gasteiger partial charge is 0.339 e. The fraction of sp³-hybridized carbons (Fsp3) is 0.118. The molecule has 0 bridgehead atoms. The fourth-order valence-corrected chi connectivity index (χ4v) is 3.73. The van der Waals surface area contributed by atoms with Crippen molar-refractivity contribution in [3.8, 4) is 5.75 Å². The van der Waals surface area contributed by atoms with Crippen molar-refractivity contribution < 1.29 is 17.4 Å². The highest BCUT2D eigenvalue weighted by Gasteiger charge is 2.21. The van der Waals surface area contributed by atoms with Gasteiger partial charge in [-0.25, -0.2) is 0 Å². The van der Waals surface area contributed by atoms with Gasteiger partial charge in [-0.2, -0.15) is 8.42 Å². The zero-order valence-corrected chi connectivity index (χ0v) is 15.4. The second-order valence-electron chi connectivity index (χ2n) is 4.94. The van der Waals surface area contributed by atoms with E-state index in [1.807, 2.05) is 6.92 Å². The third kappa shape index (κ3) is 4.20. The van der Waals surface area contributed by atoms with E-state index in [9.17, 15) is 13.2 Å². The van der Waals surface area contributed by atoms with Gasteiger partial charge in [-0.1, -0.05) is 23.8 Å². The van der Waals surface area contributed by atoms with Crippen molar-refractivity contribution in [3.63, 3.8) is 0 Å². The van der Waals surface area contributed by atoms with E-state index in [0.29, 0.717) is 18.3 Å². The molecule has 0 aromatic heterocycles. The number of benzene rings is 2. The Kier molecular flexibility index (Phi) is 5.59. The molecule has 0 heterocycles. The van der Waals surface area contributed by atoms with Crippen molar-refractivity contribution in [3.05, 3.63) is 69.3 Å². The normalized spacial score (nSPS) is 11.0. The monoisotopic (exact) mass is 442 g/mol. The van der Waals surface area contributed by atoms with Crippen LogP contribution in [-0.4, -0.2) is 14.7 Å². The van der Waals surface area contributed by atoms with Crippen molar-refractivity contribution in [2.45, 2.75) is 18.2 Å². The first kappa shape index (κ1) is 17.7. The second-order valence-corrected chi connectivity index (χ2v) is 7.74. The van der Waals surface area contributed by atoms with Crippen LogP contribution in [0.1, 0.15) is 21.5 Å². The topological polar surface area (TPSA) is 60.4 Å². The average molecular weight is 442 g/mol. The molecule has 6 heteroatoms. The summed E-state index contributed by atoms with van der Waals surface area (Å²) in [4.78, 5) is 11.3. The van der Waals surface area contributed by atoms with Crippen LogP contribution in [0.3, 0.4) is 0 Å². The first-order valence-corrected chi connectivity index (χ1v) is 9.25. The first-order valence-electron chi connectivity index (χ1n) is 6.77. The van der Waals surface area contributed by atoms with Crippen LogP contribution in [0.5, 0.6) is 5.75 Å². The zero-order chi connectivity index (χ0) is 17.0. The molecule has 0 aliphatic heterocycles. The van der Waals surface area contributed by atoms with Crippen LogP contribution in [0.25, 0.3) is 0 Å². The average Bonchev–Trinajstić information content (AvgIpc) is 2.50. The lowest BCUT2D eigenvalue weighted by Crippen LogP contribution is -2.12. The van der Waals surface area contributed by atoms with Gasteiger partial charge in [0.1, 0.15) is 4.90 Å². The van der Waals surface area contributed by atoms with Crippen LogP contribution < -0.4 is 4.18 Å². The van der Waals surface area contributed by atoms with Crippen molar-refractivity contribution in [2.75, 3.05) is 0 Å². The minimum atomic E-state index is -4.01. The zero-order valence-electron chi connectivity index (χ0n) is 12.5. The molecule has 23 heavy (non-hydrogen) atoms. The van der Waals surface area contributed by atoms with Crippen LogP contribution in [0.15, 0.2) is 53.9 Å². The molecule has 0 saturated carbocycles. The summed E-state index contributed by atoms with van der Waals surface area (Å²) >= 11 is 2.06. The van der Waals surface area contributed by atoms with E-state index >= 15 is 0 Å². The van der Waals surface area contributed by atoms with Crippen LogP contribution in [0.2, 0.25) is 0 Å². The Morgan fingerprint density at radius 1 is 1.22 bits per heavy atom.